The molecule has 0 aliphatic heterocycles. The molecule has 0 saturated carbocycles. The predicted molar refractivity (Wildman–Crippen MR) is 101 cm³/mol. The molecule has 0 aromatic heterocycles. The molecular weight excluding hydrogens is 427 g/mol. The fourth-order valence-corrected chi connectivity index (χ4v) is 2.67. The molecule has 0 radical (unpaired) electrons. The van der Waals surface area contributed by atoms with E-state index in [9.17, 15) is 19.6 Å². The van der Waals surface area contributed by atoms with Crippen LogP contribution in [0.1, 0.15) is 12.5 Å². The molecular formula is C18H13BrClFN2O3. The van der Waals surface area contributed by atoms with Crippen molar-refractivity contribution in [3.63, 3.8) is 0 Å². The molecule has 2 aromatic carbocycles. The number of nitrogens with zero attached hydrogens (tertiary/aromatic N) is 1. The molecule has 0 heterocycles. The molecule has 0 aliphatic carbocycles. The van der Waals surface area contributed by atoms with Gasteiger partial charge in [-0.2, -0.15) is 5.26 Å². The van der Waals surface area contributed by atoms with Crippen LogP contribution in [0.25, 0.3) is 6.08 Å². The van der Waals surface area contributed by atoms with Gasteiger partial charge in [0.15, 0.2) is 11.5 Å². The third kappa shape index (κ3) is 4.75. The highest BCUT2D eigenvalue weighted by atomic mass is 79.9. The third-order valence-electron chi connectivity index (χ3n) is 3.20. The standard InChI is InChI=1S/C18H13BrClFN2O3/c1-2-26-16-7-10(6-13(19)17(16)24)5-11(9-22)18(25)23-12-3-4-15(21)14(20)8-12/h3-8,24H,2H2,1H3,(H,23,25). The number of phenolic OH excluding ortho intramolecular Hbond substituents is 1. The summed E-state index contributed by atoms with van der Waals surface area (Å²) in [6.45, 7) is 2.10. The summed E-state index contributed by atoms with van der Waals surface area (Å²) in [6, 6.07) is 8.53. The Balaban J connectivity index is 2.30. The topological polar surface area (TPSA) is 82.3 Å². The molecule has 0 fully saturated rings. The van der Waals surface area contributed by atoms with Crippen molar-refractivity contribution in [1.29, 1.82) is 5.26 Å². The molecule has 26 heavy (non-hydrogen) atoms. The van der Waals surface area contributed by atoms with Crippen LogP contribution in [0.5, 0.6) is 11.5 Å². The molecule has 2 aromatic rings. The number of carbonyl (C=O) groups is 1. The van der Waals surface area contributed by atoms with Crippen LogP contribution in [0.15, 0.2) is 40.4 Å². The summed E-state index contributed by atoms with van der Waals surface area (Å²) in [5.41, 5.74) is 0.539. The lowest BCUT2D eigenvalue weighted by molar-refractivity contribution is -0.112. The second kappa shape index (κ2) is 8.70. The number of anilines is 1. The Morgan fingerprint density at radius 1 is 1.46 bits per heavy atom. The zero-order valence-corrected chi connectivity index (χ0v) is 15.9. The monoisotopic (exact) mass is 438 g/mol. The lowest BCUT2D eigenvalue weighted by Gasteiger charge is -2.09. The van der Waals surface area contributed by atoms with Crippen molar-refractivity contribution in [3.8, 4) is 17.6 Å². The van der Waals surface area contributed by atoms with Crippen LogP contribution in [0, 0.1) is 17.1 Å². The van der Waals surface area contributed by atoms with Gasteiger partial charge in [-0.05, 0) is 64.8 Å². The van der Waals surface area contributed by atoms with Gasteiger partial charge in [0.1, 0.15) is 17.5 Å². The first-order valence-corrected chi connectivity index (χ1v) is 8.56. The Kier molecular flexibility index (Phi) is 6.61. The number of phenols is 1. The molecule has 5 nitrogen and oxygen atoms in total. The van der Waals surface area contributed by atoms with Gasteiger partial charge < -0.3 is 15.2 Å². The largest absolute Gasteiger partial charge is 0.503 e. The summed E-state index contributed by atoms with van der Waals surface area (Å²) >= 11 is 8.86. The smallest absolute Gasteiger partial charge is 0.266 e. The number of amides is 1. The lowest BCUT2D eigenvalue weighted by atomic mass is 10.1. The minimum absolute atomic E-state index is 0.0760. The molecule has 0 unspecified atom stereocenters. The highest BCUT2D eigenvalue weighted by Crippen LogP contribution is 2.36. The number of halogens is 3. The zero-order valence-electron chi connectivity index (χ0n) is 13.5. The number of rotatable bonds is 5. The molecule has 0 atom stereocenters. The van der Waals surface area contributed by atoms with E-state index < -0.39 is 11.7 Å². The van der Waals surface area contributed by atoms with E-state index in [2.05, 4.69) is 21.2 Å². The Hall–Kier alpha value is -2.56. The van der Waals surface area contributed by atoms with Crippen molar-refractivity contribution in [2.45, 2.75) is 6.92 Å². The van der Waals surface area contributed by atoms with Gasteiger partial charge in [0.05, 0.1) is 16.1 Å². The quantitative estimate of drug-likeness (QED) is 0.513. The molecule has 2 N–H and O–H groups in total. The van der Waals surface area contributed by atoms with Crippen LogP contribution in [0.4, 0.5) is 10.1 Å². The zero-order chi connectivity index (χ0) is 19.3. The highest BCUT2D eigenvalue weighted by molar-refractivity contribution is 9.10. The number of carbonyl (C=O) groups excluding carboxylic acids is 1. The van der Waals surface area contributed by atoms with E-state index in [0.717, 1.165) is 6.07 Å². The van der Waals surface area contributed by atoms with Gasteiger partial charge in [0.25, 0.3) is 5.91 Å². The van der Waals surface area contributed by atoms with Gasteiger partial charge in [0, 0.05) is 5.69 Å². The summed E-state index contributed by atoms with van der Waals surface area (Å²) < 4.78 is 18.8. The number of benzene rings is 2. The lowest BCUT2D eigenvalue weighted by Crippen LogP contribution is -2.13. The Labute approximate surface area is 162 Å². The van der Waals surface area contributed by atoms with E-state index in [0.29, 0.717) is 16.6 Å². The summed E-state index contributed by atoms with van der Waals surface area (Å²) in [5.74, 6) is -1.15. The number of nitriles is 1. The van der Waals surface area contributed by atoms with Crippen molar-refractivity contribution in [3.05, 3.63) is 56.8 Å². The van der Waals surface area contributed by atoms with Crippen molar-refractivity contribution >= 4 is 45.2 Å². The van der Waals surface area contributed by atoms with Crippen LogP contribution in [0.2, 0.25) is 5.02 Å². The van der Waals surface area contributed by atoms with Crippen molar-refractivity contribution in [2.24, 2.45) is 0 Å². The molecule has 0 bridgehead atoms. The van der Waals surface area contributed by atoms with E-state index >= 15 is 0 Å². The maximum atomic E-state index is 13.2. The van der Waals surface area contributed by atoms with Gasteiger partial charge in [-0.1, -0.05) is 11.6 Å². The molecule has 0 spiro atoms. The van der Waals surface area contributed by atoms with E-state index in [4.69, 9.17) is 16.3 Å². The summed E-state index contributed by atoms with van der Waals surface area (Å²) in [4.78, 5) is 12.3. The van der Waals surface area contributed by atoms with E-state index in [1.54, 1.807) is 13.0 Å². The van der Waals surface area contributed by atoms with Crippen molar-refractivity contribution in [1.82, 2.24) is 0 Å². The van der Waals surface area contributed by atoms with Gasteiger partial charge in [-0.25, -0.2) is 4.39 Å². The van der Waals surface area contributed by atoms with Gasteiger partial charge >= 0.3 is 0 Å². The van der Waals surface area contributed by atoms with Crippen LogP contribution >= 0.6 is 27.5 Å². The molecule has 0 saturated heterocycles. The van der Waals surface area contributed by atoms with Gasteiger partial charge in [-0.3, -0.25) is 4.79 Å². The first-order chi connectivity index (χ1) is 12.3. The maximum absolute atomic E-state index is 13.2. The van der Waals surface area contributed by atoms with Crippen LogP contribution in [-0.2, 0) is 4.79 Å². The first kappa shape index (κ1) is 19.8. The molecule has 0 aliphatic rings. The minimum atomic E-state index is -0.683. The SMILES string of the molecule is CCOc1cc(C=C(C#N)C(=O)Nc2ccc(F)c(Cl)c2)cc(Br)c1O. The van der Waals surface area contributed by atoms with Crippen LogP contribution < -0.4 is 10.1 Å². The van der Waals surface area contributed by atoms with Crippen molar-refractivity contribution < 1.29 is 19.0 Å². The van der Waals surface area contributed by atoms with Crippen molar-refractivity contribution in [2.75, 3.05) is 11.9 Å². The Morgan fingerprint density at radius 2 is 2.19 bits per heavy atom. The highest BCUT2D eigenvalue weighted by Gasteiger charge is 2.13. The number of ether oxygens (including phenoxy) is 1. The predicted octanol–water partition coefficient (Wildman–Crippen LogP) is 4.89. The van der Waals surface area contributed by atoms with E-state index in [1.165, 1.54) is 30.3 Å². The average Bonchev–Trinajstić information content (AvgIpc) is 2.60. The number of hydrogen-bond donors (Lipinski definition) is 2. The fraction of sp³-hybridized carbons (Fsp3) is 0.111. The number of hydrogen-bond acceptors (Lipinski definition) is 4. The average molecular weight is 440 g/mol. The maximum Gasteiger partial charge on any atom is 0.266 e. The number of aromatic hydroxyl groups is 1. The first-order valence-electron chi connectivity index (χ1n) is 7.39. The second-order valence-corrected chi connectivity index (χ2v) is 6.30. The molecule has 2 rings (SSSR count). The minimum Gasteiger partial charge on any atom is -0.503 e. The Bertz CT molecular complexity index is 925. The van der Waals surface area contributed by atoms with Gasteiger partial charge in [0.2, 0.25) is 0 Å². The Morgan fingerprint density at radius 3 is 2.81 bits per heavy atom. The van der Waals surface area contributed by atoms with E-state index in [-0.39, 0.29) is 27.8 Å². The third-order valence-corrected chi connectivity index (χ3v) is 4.10. The van der Waals surface area contributed by atoms with Crippen LogP contribution in [-0.4, -0.2) is 17.6 Å². The normalized spacial score (nSPS) is 11.0. The molecule has 8 heteroatoms. The molecule has 134 valence electrons. The van der Waals surface area contributed by atoms with Crippen LogP contribution in [0.3, 0.4) is 0 Å². The fourth-order valence-electron chi connectivity index (χ4n) is 2.03. The van der Waals surface area contributed by atoms with E-state index in [1.807, 2.05) is 0 Å². The summed E-state index contributed by atoms with van der Waals surface area (Å²) in [7, 11) is 0. The van der Waals surface area contributed by atoms with Gasteiger partial charge in [-0.15, -0.1) is 0 Å². The summed E-state index contributed by atoms with van der Waals surface area (Å²) in [6.07, 6.45) is 1.34. The molecule has 1 amide bonds. The summed E-state index contributed by atoms with van der Waals surface area (Å²) in [5, 5.41) is 21.5. The second-order valence-electron chi connectivity index (χ2n) is 5.04. The number of nitrogens with one attached hydrogen (secondary N) is 1.